The van der Waals surface area contributed by atoms with Crippen molar-refractivity contribution in [1.29, 1.82) is 0 Å². The monoisotopic (exact) mass is 748 g/mol. The second-order valence-electron chi connectivity index (χ2n) is 16.2. The number of anilines is 1. The van der Waals surface area contributed by atoms with E-state index in [4.69, 9.17) is 33.6 Å². The molecule has 4 atom stereocenters. The highest BCUT2D eigenvalue weighted by atomic mass is 28.4. The zero-order valence-electron chi connectivity index (χ0n) is 32.3. The predicted molar refractivity (Wildman–Crippen MR) is 212 cm³/mol. The topological polar surface area (TPSA) is 122 Å². The van der Waals surface area contributed by atoms with E-state index in [1.165, 1.54) is 0 Å². The van der Waals surface area contributed by atoms with Gasteiger partial charge in [0.05, 0.1) is 12.9 Å². The molecule has 5 aromatic rings. The summed E-state index contributed by atoms with van der Waals surface area (Å²) in [4.78, 5) is 28.2. The van der Waals surface area contributed by atoms with E-state index in [9.17, 15) is 4.79 Å². The van der Waals surface area contributed by atoms with Gasteiger partial charge in [0, 0.05) is 19.0 Å². The van der Waals surface area contributed by atoms with Crippen molar-refractivity contribution in [1.82, 2.24) is 24.8 Å². The number of hydrogen-bond donors (Lipinski definition) is 2. The van der Waals surface area contributed by atoms with Crippen molar-refractivity contribution in [2.75, 3.05) is 25.0 Å². The lowest BCUT2D eigenvalue weighted by molar-refractivity contribution is -0.199. The van der Waals surface area contributed by atoms with Crippen molar-refractivity contribution in [3.05, 3.63) is 120 Å². The Morgan fingerprint density at radius 2 is 1.52 bits per heavy atom. The predicted octanol–water partition coefficient (Wildman–Crippen LogP) is 7.48. The lowest BCUT2D eigenvalue weighted by atomic mass is 9.91. The number of hydrogen-bond acceptors (Lipinski definition) is 9. The van der Waals surface area contributed by atoms with Crippen LogP contribution in [0.5, 0.6) is 0 Å². The lowest BCUT2D eigenvalue weighted by Crippen LogP contribution is -2.44. The molecule has 3 aromatic carbocycles. The number of imidazole rings is 1. The molecule has 12 heteroatoms. The molecule has 0 saturated carbocycles. The van der Waals surface area contributed by atoms with Crippen molar-refractivity contribution >= 4 is 31.2 Å². The molecule has 54 heavy (non-hydrogen) atoms. The molecule has 2 aliphatic heterocycles. The van der Waals surface area contributed by atoms with E-state index < -0.39 is 26.4 Å². The number of ether oxygens (including phenoxy) is 3. The summed E-state index contributed by atoms with van der Waals surface area (Å²) in [7, 11) is -2.08. The van der Waals surface area contributed by atoms with Gasteiger partial charge in [-0.25, -0.2) is 15.0 Å². The van der Waals surface area contributed by atoms with Crippen LogP contribution >= 0.6 is 0 Å². The molecule has 0 radical (unpaired) electrons. The van der Waals surface area contributed by atoms with Crippen LogP contribution in [-0.2, 0) is 25.1 Å². The first-order valence-corrected chi connectivity index (χ1v) is 21.8. The van der Waals surface area contributed by atoms with E-state index in [0.717, 1.165) is 16.7 Å². The Bertz CT molecular complexity index is 2000. The maximum atomic E-state index is 13.8. The highest BCUT2D eigenvalue weighted by molar-refractivity contribution is 6.74. The van der Waals surface area contributed by atoms with Crippen LogP contribution in [0.25, 0.3) is 11.2 Å². The van der Waals surface area contributed by atoms with Gasteiger partial charge in [-0.2, -0.15) is 0 Å². The van der Waals surface area contributed by atoms with E-state index in [-0.39, 0.29) is 34.9 Å². The van der Waals surface area contributed by atoms with E-state index in [0.29, 0.717) is 43.1 Å². The molecule has 0 spiro atoms. The minimum absolute atomic E-state index is 0.00880. The average molecular weight is 749 g/mol. The summed E-state index contributed by atoms with van der Waals surface area (Å²) in [5.74, 6) is -0.696. The molecule has 2 aromatic heterocycles. The number of nitrogens with one attached hydrogen (secondary N) is 2. The van der Waals surface area contributed by atoms with Crippen LogP contribution in [0.3, 0.4) is 0 Å². The summed E-state index contributed by atoms with van der Waals surface area (Å²) in [6.45, 7) is 16.3. The third-order valence-electron chi connectivity index (χ3n) is 10.9. The van der Waals surface area contributed by atoms with Gasteiger partial charge in [0.25, 0.3) is 5.91 Å². The zero-order valence-corrected chi connectivity index (χ0v) is 33.3. The number of carbonyl (C=O) groups excluding carboxylic acids is 1. The fourth-order valence-electron chi connectivity index (χ4n) is 6.89. The molecular weight excluding hydrogens is 697 g/mol. The van der Waals surface area contributed by atoms with Crippen LogP contribution in [-0.4, -0.2) is 77.5 Å². The summed E-state index contributed by atoms with van der Waals surface area (Å²) in [6.07, 6.45) is 0.531. The Hall–Kier alpha value is -4.46. The number of amides is 1. The Balaban J connectivity index is 1.22. The Morgan fingerprint density at radius 1 is 0.907 bits per heavy atom. The standard InChI is InChI=1S/C42H52N6O5Si/c1-41(2,3)54(6,7)50-26-32-34-35(53-42(4,5)52-34)40(51-32)48-27-45-33-36(44-25-31(29-19-13-9-14-20-29)30-21-15-10-16-22-30)46-37(47-38(33)48)39(49)43-24-23-28-17-11-8-12-18-28/h8-22,27,31-32,34-35,40H,23-26H2,1-7H3,(H,43,49)(H,44,46,47)/t32?,34-,35-,40-/m1/s1. The molecular formula is C42H52N6O5Si. The van der Waals surface area contributed by atoms with Crippen molar-refractivity contribution in [2.45, 2.75) is 95.4 Å². The third-order valence-corrected chi connectivity index (χ3v) is 15.4. The summed E-state index contributed by atoms with van der Waals surface area (Å²) in [5, 5.41) is 6.63. The molecule has 11 nitrogen and oxygen atoms in total. The number of nitrogens with zero attached hydrogens (tertiary/aromatic N) is 4. The van der Waals surface area contributed by atoms with Gasteiger partial charge in [0.1, 0.15) is 18.3 Å². The molecule has 0 bridgehead atoms. The smallest absolute Gasteiger partial charge is 0.289 e. The molecule has 2 fully saturated rings. The highest BCUT2D eigenvalue weighted by Gasteiger charge is 2.56. The van der Waals surface area contributed by atoms with Gasteiger partial charge in [-0.1, -0.05) is 112 Å². The van der Waals surface area contributed by atoms with Crippen molar-refractivity contribution in [3.63, 3.8) is 0 Å². The number of fused-ring (bicyclic) bond motifs is 2. The van der Waals surface area contributed by atoms with Gasteiger partial charge in [0.15, 0.2) is 37.3 Å². The van der Waals surface area contributed by atoms with Crippen LogP contribution in [0.15, 0.2) is 97.3 Å². The fourth-order valence-corrected chi connectivity index (χ4v) is 7.91. The molecule has 4 heterocycles. The SMILES string of the molecule is CC1(C)O[C@@H]2[C@H](O1)C(CO[Si](C)(C)C(C)(C)C)O[C@H]2n1cnc2c(NCC(c3ccccc3)c3ccccc3)nc(C(=O)NCCc3ccccc3)nc21. The molecule has 7 rings (SSSR count). The second-order valence-corrected chi connectivity index (χ2v) is 21.0. The molecule has 2 aliphatic rings. The third kappa shape index (κ3) is 8.13. The largest absolute Gasteiger partial charge is 0.414 e. The van der Waals surface area contributed by atoms with Crippen molar-refractivity contribution in [2.24, 2.45) is 0 Å². The molecule has 1 unspecified atom stereocenters. The van der Waals surface area contributed by atoms with Crippen molar-refractivity contribution in [3.8, 4) is 0 Å². The maximum Gasteiger partial charge on any atom is 0.289 e. The summed E-state index contributed by atoms with van der Waals surface area (Å²) in [6, 6.07) is 30.8. The number of carbonyl (C=O) groups is 1. The molecule has 1 amide bonds. The van der Waals surface area contributed by atoms with Crippen LogP contribution in [0, 0.1) is 0 Å². The molecule has 0 aliphatic carbocycles. The second kappa shape index (κ2) is 15.3. The molecule has 2 N–H and O–H groups in total. The first kappa shape index (κ1) is 37.8. The average Bonchev–Trinajstić information content (AvgIpc) is 3.82. The molecule has 2 saturated heterocycles. The van der Waals surface area contributed by atoms with Crippen LogP contribution in [0.4, 0.5) is 5.82 Å². The summed E-state index contributed by atoms with van der Waals surface area (Å²) >= 11 is 0. The van der Waals surface area contributed by atoms with Gasteiger partial charge in [-0.05, 0) is 55.1 Å². The Kier molecular flexibility index (Phi) is 10.8. The first-order chi connectivity index (χ1) is 25.8. The number of rotatable bonds is 13. The Morgan fingerprint density at radius 3 is 2.15 bits per heavy atom. The zero-order chi connectivity index (χ0) is 38.1. The minimum atomic E-state index is -2.08. The fraction of sp³-hybridized carbons (Fsp3) is 0.429. The number of aromatic nitrogens is 4. The normalized spacial score (nSPS) is 21.0. The highest BCUT2D eigenvalue weighted by Crippen LogP contribution is 2.45. The van der Waals surface area contributed by atoms with Gasteiger partial charge < -0.3 is 29.3 Å². The van der Waals surface area contributed by atoms with Crippen LogP contribution < -0.4 is 10.6 Å². The van der Waals surface area contributed by atoms with Crippen LogP contribution in [0.2, 0.25) is 18.1 Å². The van der Waals surface area contributed by atoms with Gasteiger partial charge >= 0.3 is 0 Å². The number of benzene rings is 3. The van der Waals surface area contributed by atoms with Crippen molar-refractivity contribution < 1.29 is 23.4 Å². The first-order valence-electron chi connectivity index (χ1n) is 18.9. The van der Waals surface area contributed by atoms with Gasteiger partial charge in [-0.3, -0.25) is 9.36 Å². The summed E-state index contributed by atoms with van der Waals surface area (Å²) < 4.78 is 28.2. The van der Waals surface area contributed by atoms with E-state index >= 15 is 0 Å². The summed E-state index contributed by atoms with van der Waals surface area (Å²) in [5.41, 5.74) is 4.42. The lowest BCUT2D eigenvalue weighted by Gasteiger charge is -2.37. The minimum Gasteiger partial charge on any atom is -0.414 e. The van der Waals surface area contributed by atoms with Gasteiger partial charge in [0.2, 0.25) is 5.82 Å². The molecule has 284 valence electrons. The quantitative estimate of drug-likeness (QED) is 0.118. The van der Waals surface area contributed by atoms with Gasteiger partial charge in [-0.15, -0.1) is 0 Å². The van der Waals surface area contributed by atoms with Crippen LogP contribution in [0.1, 0.15) is 74.1 Å². The van der Waals surface area contributed by atoms with E-state index in [2.05, 4.69) is 68.8 Å². The Labute approximate surface area is 319 Å². The van der Waals surface area contributed by atoms with E-state index in [1.54, 1.807) is 6.33 Å². The van der Waals surface area contributed by atoms with E-state index in [1.807, 2.05) is 85.1 Å². The maximum absolute atomic E-state index is 13.8.